The van der Waals surface area contributed by atoms with Gasteiger partial charge in [-0.3, -0.25) is 4.79 Å². The third-order valence-corrected chi connectivity index (χ3v) is 3.69. The van der Waals surface area contributed by atoms with E-state index in [1.165, 1.54) is 7.11 Å². The molecule has 5 nitrogen and oxygen atoms in total. The molecule has 1 atom stereocenters. The van der Waals surface area contributed by atoms with E-state index < -0.39 is 17.9 Å². The Hall–Kier alpha value is -3.17. The van der Waals surface area contributed by atoms with Crippen molar-refractivity contribution in [1.29, 1.82) is 0 Å². The minimum Gasteiger partial charge on any atom is -0.467 e. The molecule has 0 radical (unpaired) electrons. The van der Waals surface area contributed by atoms with Crippen molar-refractivity contribution in [2.75, 3.05) is 7.11 Å². The molecular formula is C20H19NO4. The molecular weight excluding hydrogens is 318 g/mol. The first-order chi connectivity index (χ1) is 12.1. The largest absolute Gasteiger partial charge is 0.467 e. The van der Waals surface area contributed by atoms with Crippen molar-refractivity contribution in [3.05, 3.63) is 77.4 Å². The third-order valence-electron chi connectivity index (χ3n) is 3.69. The highest BCUT2D eigenvalue weighted by atomic mass is 16.5. The maximum atomic E-state index is 12.4. The van der Waals surface area contributed by atoms with E-state index in [0.717, 1.165) is 11.1 Å². The number of ether oxygens (including phenoxy) is 1. The zero-order chi connectivity index (χ0) is 18.1. The number of hydrogen-bond donors (Lipinski definition) is 1. The zero-order valence-corrected chi connectivity index (χ0v) is 13.9. The SMILES string of the molecule is COC(=O)C(Cc1ccccc1)NC(=O)C(=C=O)Cc1ccccc1. The molecule has 0 aliphatic rings. The van der Waals surface area contributed by atoms with Crippen LogP contribution in [0.2, 0.25) is 0 Å². The number of hydrogen-bond acceptors (Lipinski definition) is 4. The molecule has 0 fully saturated rings. The predicted octanol–water partition coefficient (Wildman–Crippen LogP) is 1.89. The lowest BCUT2D eigenvalue weighted by molar-refractivity contribution is -0.144. The number of carbonyl (C=O) groups excluding carboxylic acids is 3. The van der Waals surface area contributed by atoms with Crippen LogP contribution in [-0.2, 0) is 32.0 Å². The van der Waals surface area contributed by atoms with E-state index in [9.17, 15) is 14.4 Å². The second kappa shape index (κ2) is 9.21. The molecule has 1 unspecified atom stereocenters. The molecule has 0 saturated heterocycles. The fourth-order valence-corrected chi connectivity index (χ4v) is 2.39. The Morgan fingerprint density at radius 3 is 2.08 bits per heavy atom. The topological polar surface area (TPSA) is 72.5 Å². The summed E-state index contributed by atoms with van der Waals surface area (Å²) >= 11 is 0. The van der Waals surface area contributed by atoms with E-state index in [-0.39, 0.29) is 18.4 Å². The molecule has 5 heteroatoms. The molecule has 0 spiro atoms. The Balaban J connectivity index is 2.09. The molecule has 0 aliphatic heterocycles. The van der Waals surface area contributed by atoms with Gasteiger partial charge in [-0.25, -0.2) is 9.59 Å². The number of benzene rings is 2. The van der Waals surface area contributed by atoms with Crippen LogP contribution in [0.4, 0.5) is 0 Å². The molecule has 0 bridgehead atoms. The molecule has 0 saturated carbocycles. The van der Waals surface area contributed by atoms with Crippen LogP contribution in [0.15, 0.2) is 66.2 Å². The lowest BCUT2D eigenvalue weighted by Crippen LogP contribution is -2.44. The van der Waals surface area contributed by atoms with Gasteiger partial charge >= 0.3 is 5.97 Å². The summed E-state index contributed by atoms with van der Waals surface area (Å²) in [5.41, 5.74) is 1.62. The standard InChI is InChI=1S/C20H19NO4/c1-25-20(24)18(13-16-10-6-3-7-11-16)21-19(23)17(14-22)12-15-8-4-2-5-9-15/h2-11,18H,12-13H2,1H3,(H,21,23). The van der Waals surface area contributed by atoms with Crippen molar-refractivity contribution in [2.24, 2.45) is 0 Å². The molecule has 2 rings (SSSR count). The molecule has 128 valence electrons. The lowest BCUT2D eigenvalue weighted by atomic mass is 10.0. The first kappa shape index (κ1) is 18.2. The third kappa shape index (κ3) is 5.44. The van der Waals surface area contributed by atoms with Crippen molar-refractivity contribution in [1.82, 2.24) is 5.32 Å². The molecule has 0 aliphatic carbocycles. The van der Waals surface area contributed by atoms with E-state index in [0.29, 0.717) is 0 Å². The summed E-state index contributed by atoms with van der Waals surface area (Å²) in [5.74, 6) is 0.491. The van der Waals surface area contributed by atoms with Crippen LogP contribution in [0.5, 0.6) is 0 Å². The van der Waals surface area contributed by atoms with Gasteiger partial charge < -0.3 is 10.1 Å². The molecule has 1 N–H and O–H groups in total. The fraction of sp³-hybridized carbons (Fsp3) is 0.200. The van der Waals surface area contributed by atoms with Crippen LogP contribution in [0.1, 0.15) is 11.1 Å². The van der Waals surface area contributed by atoms with Gasteiger partial charge in [0.1, 0.15) is 17.6 Å². The van der Waals surface area contributed by atoms with Crippen molar-refractivity contribution in [3.8, 4) is 0 Å². The number of methoxy groups -OCH3 is 1. The Morgan fingerprint density at radius 1 is 1.00 bits per heavy atom. The maximum absolute atomic E-state index is 12.4. The highest BCUT2D eigenvalue weighted by Gasteiger charge is 2.24. The van der Waals surface area contributed by atoms with Crippen molar-refractivity contribution >= 4 is 17.8 Å². The van der Waals surface area contributed by atoms with E-state index >= 15 is 0 Å². The van der Waals surface area contributed by atoms with E-state index in [1.54, 1.807) is 5.94 Å². The van der Waals surface area contributed by atoms with Crippen LogP contribution in [0.25, 0.3) is 0 Å². The molecule has 0 heterocycles. The summed E-state index contributed by atoms with van der Waals surface area (Å²) in [6.07, 6.45) is 0.423. The maximum Gasteiger partial charge on any atom is 0.328 e. The quantitative estimate of drug-likeness (QED) is 0.476. The summed E-state index contributed by atoms with van der Waals surface area (Å²) in [4.78, 5) is 35.5. The van der Waals surface area contributed by atoms with Gasteiger partial charge in [0.15, 0.2) is 0 Å². The Morgan fingerprint density at radius 2 is 1.56 bits per heavy atom. The monoisotopic (exact) mass is 337 g/mol. The Labute approximate surface area is 146 Å². The van der Waals surface area contributed by atoms with Crippen LogP contribution in [-0.4, -0.2) is 31.0 Å². The van der Waals surface area contributed by atoms with Gasteiger partial charge in [-0.1, -0.05) is 60.7 Å². The summed E-state index contributed by atoms with van der Waals surface area (Å²) in [7, 11) is 1.26. The van der Waals surface area contributed by atoms with E-state index in [1.807, 2.05) is 60.7 Å². The number of amides is 1. The molecule has 2 aromatic carbocycles. The molecule has 0 aromatic heterocycles. The highest BCUT2D eigenvalue weighted by molar-refractivity contribution is 6.02. The number of nitrogens with one attached hydrogen (secondary N) is 1. The highest BCUT2D eigenvalue weighted by Crippen LogP contribution is 2.08. The second-order valence-electron chi connectivity index (χ2n) is 5.48. The average Bonchev–Trinajstić information content (AvgIpc) is 2.66. The van der Waals surface area contributed by atoms with Crippen LogP contribution >= 0.6 is 0 Å². The van der Waals surface area contributed by atoms with E-state index in [4.69, 9.17) is 4.74 Å². The Bertz CT molecular complexity index is 765. The summed E-state index contributed by atoms with van der Waals surface area (Å²) in [6.45, 7) is 0. The first-order valence-electron chi connectivity index (χ1n) is 7.84. The predicted molar refractivity (Wildman–Crippen MR) is 93.4 cm³/mol. The van der Waals surface area contributed by atoms with Gasteiger partial charge in [-0.05, 0) is 11.1 Å². The van der Waals surface area contributed by atoms with Crippen molar-refractivity contribution < 1.29 is 19.1 Å². The summed E-state index contributed by atoms with van der Waals surface area (Å²) in [5, 5.41) is 2.57. The van der Waals surface area contributed by atoms with Gasteiger partial charge in [0, 0.05) is 12.8 Å². The van der Waals surface area contributed by atoms with Gasteiger partial charge in [0.25, 0.3) is 5.91 Å². The summed E-state index contributed by atoms with van der Waals surface area (Å²) < 4.78 is 4.76. The van der Waals surface area contributed by atoms with Crippen LogP contribution in [0.3, 0.4) is 0 Å². The zero-order valence-electron chi connectivity index (χ0n) is 13.9. The lowest BCUT2D eigenvalue weighted by Gasteiger charge is -2.17. The van der Waals surface area contributed by atoms with Gasteiger partial charge in [0.2, 0.25) is 0 Å². The minimum absolute atomic E-state index is 0.0619. The molecule has 1 amide bonds. The van der Waals surface area contributed by atoms with Gasteiger partial charge in [-0.2, -0.15) is 0 Å². The fourth-order valence-electron chi connectivity index (χ4n) is 2.39. The van der Waals surface area contributed by atoms with Gasteiger partial charge in [0.05, 0.1) is 7.11 Å². The van der Waals surface area contributed by atoms with Gasteiger partial charge in [-0.15, -0.1) is 0 Å². The summed E-state index contributed by atoms with van der Waals surface area (Å²) in [6, 6.07) is 17.5. The normalized spacial score (nSPS) is 11.1. The average molecular weight is 337 g/mol. The van der Waals surface area contributed by atoms with Crippen molar-refractivity contribution in [2.45, 2.75) is 18.9 Å². The smallest absolute Gasteiger partial charge is 0.328 e. The first-order valence-corrected chi connectivity index (χ1v) is 7.84. The number of esters is 1. The minimum atomic E-state index is -0.876. The second-order valence-corrected chi connectivity index (χ2v) is 5.48. The van der Waals surface area contributed by atoms with Crippen molar-refractivity contribution in [3.63, 3.8) is 0 Å². The Kier molecular flexibility index (Phi) is 6.69. The van der Waals surface area contributed by atoms with E-state index in [2.05, 4.69) is 5.32 Å². The molecule has 25 heavy (non-hydrogen) atoms. The number of carbonyl (C=O) groups is 2. The van der Waals surface area contributed by atoms with Crippen LogP contribution < -0.4 is 5.32 Å². The number of rotatable bonds is 7. The molecule has 2 aromatic rings. The van der Waals surface area contributed by atoms with Crippen LogP contribution in [0, 0.1) is 0 Å².